The van der Waals surface area contributed by atoms with E-state index in [1.54, 1.807) is 17.2 Å². The number of fused-ring (bicyclic) bond motifs is 1. The maximum atomic E-state index is 13.3. The van der Waals surface area contributed by atoms with Gasteiger partial charge in [0.2, 0.25) is 15.9 Å². The fraction of sp³-hybridized carbons (Fsp3) is 0.368. The maximum absolute atomic E-state index is 13.3. The molecule has 0 atom stereocenters. The largest absolute Gasteiger partial charge is 0.354 e. The number of carbonyl (C=O) groups is 1. The molecule has 0 N–H and O–H groups in total. The van der Waals surface area contributed by atoms with Crippen molar-refractivity contribution < 1.29 is 13.2 Å². The average molecular weight is 465 g/mol. The van der Waals surface area contributed by atoms with E-state index in [0.717, 1.165) is 17.8 Å². The summed E-state index contributed by atoms with van der Waals surface area (Å²) >= 11 is 3.43. The molecule has 0 bridgehead atoms. The number of sulfonamides is 1. The van der Waals surface area contributed by atoms with Crippen molar-refractivity contribution in [3.05, 3.63) is 46.6 Å². The van der Waals surface area contributed by atoms with Crippen molar-refractivity contribution in [1.29, 1.82) is 0 Å². The van der Waals surface area contributed by atoms with Gasteiger partial charge in [0.1, 0.15) is 5.82 Å². The number of hydrogen-bond acceptors (Lipinski definition) is 5. The first-order valence-electron chi connectivity index (χ1n) is 9.14. The Morgan fingerprint density at radius 3 is 2.50 bits per heavy atom. The van der Waals surface area contributed by atoms with Gasteiger partial charge < -0.3 is 9.80 Å². The number of hydrogen-bond donors (Lipinski definition) is 0. The monoisotopic (exact) mass is 464 g/mol. The molecule has 0 spiro atoms. The fourth-order valence-electron chi connectivity index (χ4n) is 3.75. The van der Waals surface area contributed by atoms with E-state index in [2.05, 4.69) is 25.8 Å². The Kier molecular flexibility index (Phi) is 5.15. The lowest BCUT2D eigenvalue weighted by atomic mass is 10.2. The summed E-state index contributed by atoms with van der Waals surface area (Å²) in [6.07, 6.45) is 2.47. The molecule has 2 aromatic rings. The van der Waals surface area contributed by atoms with Crippen LogP contribution >= 0.6 is 15.9 Å². The molecule has 1 aromatic heterocycles. The van der Waals surface area contributed by atoms with Crippen LogP contribution < -0.4 is 9.80 Å². The fourth-order valence-corrected chi connectivity index (χ4v) is 6.24. The zero-order chi connectivity index (χ0) is 19.9. The van der Waals surface area contributed by atoms with Gasteiger partial charge in [-0.05, 0) is 52.2 Å². The maximum Gasteiger partial charge on any atom is 0.244 e. The van der Waals surface area contributed by atoms with Crippen LogP contribution in [-0.4, -0.2) is 56.3 Å². The molecule has 0 saturated carbocycles. The summed E-state index contributed by atoms with van der Waals surface area (Å²) in [4.78, 5) is 20.1. The van der Waals surface area contributed by atoms with E-state index in [1.165, 1.54) is 11.2 Å². The summed E-state index contributed by atoms with van der Waals surface area (Å²) in [5.74, 6) is 0.781. The molecule has 7 nitrogen and oxygen atoms in total. The molecule has 0 aliphatic carbocycles. The van der Waals surface area contributed by atoms with Crippen LogP contribution in [0.25, 0.3) is 0 Å². The Labute approximate surface area is 173 Å². The summed E-state index contributed by atoms with van der Waals surface area (Å²) in [6.45, 7) is 4.03. The molecule has 3 heterocycles. The lowest BCUT2D eigenvalue weighted by molar-refractivity contribution is -0.116. The Morgan fingerprint density at radius 2 is 1.86 bits per heavy atom. The van der Waals surface area contributed by atoms with Gasteiger partial charge in [0.15, 0.2) is 0 Å². The number of nitrogens with zero attached hydrogens (tertiary/aromatic N) is 4. The molecule has 28 heavy (non-hydrogen) atoms. The molecule has 1 saturated heterocycles. The quantitative estimate of drug-likeness (QED) is 0.696. The molecule has 9 heteroatoms. The van der Waals surface area contributed by atoms with Crippen molar-refractivity contribution >= 4 is 43.4 Å². The lowest BCUT2D eigenvalue weighted by Crippen LogP contribution is -2.49. The zero-order valence-corrected chi connectivity index (χ0v) is 17.9. The number of amides is 1. The lowest BCUT2D eigenvalue weighted by Gasteiger charge is -2.34. The van der Waals surface area contributed by atoms with Crippen molar-refractivity contribution in [3.8, 4) is 0 Å². The number of carbonyl (C=O) groups excluding carboxylic acids is 1. The number of aromatic nitrogens is 1. The van der Waals surface area contributed by atoms with Crippen LogP contribution in [0.15, 0.2) is 45.9 Å². The molecule has 0 radical (unpaired) electrons. The SMILES string of the molecule is CC(=O)N1CCc2cc(Br)c(S(=O)(=O)N3CCN(c4ccccn4)CC3)cc21. The van der Waals surface area contributed by atoms with Gasteiger partial charge in [0, 0.05) is 56.0 Å². The third kappa shape index (κ3) is 3.42. The van der Waals surface area contributed by atoms with E-state index in [0.29, 0.717) is 42.9 Å². The topological polar surface area (TPSA) is 73.8 Å². The number of anilines is 2. The highest BCUT2D eigenvalue weighted by atomic mass is 79.9. The first-order chi connectivity index (χ1) is 13.4. The molecule has 4 rings (SSSR count). The van der Waals surface area contributed by atoms with Crippen molar-refractivity contribution in [1.82, 2.24) is 9.29 Å². The van der Waals surface area contributed by atoms with E-state index in [4.69, 9.17) is 0 Å². The molecular weight excluding hydrogens is 444 g/mol. The van der Waals surface area contributed by atoms with Crippen LogP contribution in [0, 0.1) is 0 Å². The van der Waals surface area contributed by atoms with E-state index >= 15 is 0 Å². The molecule has 1 aromatic carbocycles. The summed E-state index contributed by atoms with van der Waals surface area (Å²) < 4.78 is 28.6. The van der Waals surface area contributed by atoms with Crippen LogP contribution in [0.1, 0.15) is 12.5 Å². The highest BCUT2D eigenvalue weighted by molar-refractivity contribution is 9.10. The average Bonchev–Trinajstić information content (AvgIpc) is 3.11. The Morgan fingerprint density at radius 1 is 1.11 bits per heavy atom. The first-order valence-corrected chi connectivity index (χ1v) is 11.4. The van der Waals surface area contributed by atoms with Crippen LogP contribution in [0.4, 0.5) is 11.5 Å². The predicted molar refractivity (Wildman–Crippen MR) is 111 cm³/mol. The molecule has 2 aliphatic heterocycles. The Hall–Kier alpha value is -1.97. The second-order valence-electron chi connectivity index (χ2n) is 6.91. The van der Waals surface area contributed by atoms with Gasteiger partial charge in [-0.15, -0.1) is 0 Å². The van der Waals surface area contributed by atoms with E-state index < -0.39 is 10.0 Å². The summed E-state index contributed by atoms with van der Waals surface area (Å²) in [5, 5.41) is 0. The number of halogens is 1. The molecule has 1 fully saturated rings. The van der Waals surface area contributed by atoms with Crippen LogP contribution in [0.5, 0.6) is 0 Å². The first kappa shape index (κ1) is 19.4. The van der Waals surface area contributed by atoms with Crippen molar-refractivity contribution in [2.45, 2.75) is 18.2 Å². The van der Waals surface area contributed by atoms with Crippen molar-refractivity contribution in [3.63, 3.8) is 0 Å². The molecule has 148 valence electrons. The van der Waals surface area contributed by atoms with Crippen LogP contribution in [0.2, 0.25) is 0 Å². The Balaban J connectivity index is 1.58. The second kappa shape index (κ2) is 7.46. The van der Waals surface area contributed by atoms with Gasteiger partial charge in [0.25, 0.3) is 0 Å². The van der Waals surface area contributed by atoms with Crippen LogP contribution in [0.3, 0.4) is 0 Å². The van der Waals surface area contributed by atoms with Crippen LogP contribution in [-0.2, 0) is 21.2 Å². The number of pyridine rings is 1. The number of benzene rings is 1. The number of rotatable bonds is 3. The van der Waals surface area contributed by atoms with Gasteiger partial charge in [-0.3, -0.25) is 4.79 Å². The predicted octanol–water partition coefficient (Wildman–Crippen LogP) is 2.26. The minimum Gasteiger partial charge on any atom is -0.354 e. The van der Waals surface area contributed by atoms with E-state index in [1.807, 2.05) is 24.3 Å². The van der Waals surface area contributed by atoms with Crippen molar-refractivity contribution in [2.24, 2.45) is 0 Å². The highest BCUT2D eigenvalue weighted by Gasteiger charge is 2.33. The molecule has 1 amide bonds. The number of piperazine rings is 1. The third-order valence-electron chi connectivity index (χ3n) is 5.24. The minimum absolute atomic E-state index is 0.0756. The summed E-state index contributed by atoms with van der Waals surface area (Å²) in [6, 6.07) is 9.18. The molecular formula is C19H21BrN4O3S. The third-order valence-corrected chi connectivity index (χ3v) is 8.10. The standard InChI is InChI=1S/C19H21BrN4O3S/c1-14(25)24-7-5-15-12-16(20)18(13-17(15)24)28(26,27)23-10-8-22(9-11-23)19-4-2-3-6-21-19/h2-4,6,12-13H,5,7-11H2,1H3. The normalized spacial score (nSPS) is 17.6. The smallest absolute Gasteiger partial charge is 0.244 e. The molecule has 2 aliphatic rings. The summed E-state index contributed by atoms with van der Waals surface area (Å²) in [7, 11) is -3.67. The second-order valence-corrected chi connectivity index (χ2v) is 9.67. The zero-order valence-electron chi connectivity index (χ0n) is 15.5. The van der Waals surface area contributed by atoms with Gasteiger partial charge in [-0.1, -0.05) is 6.07 Å². The van der Waals surface area contributed by atoms with Gasteiger partial charge in [0.05, 0.1) is 4.90 Å². The van der Waals surface area contributed by atoms with E-state index in [9.17, 15) is 13.2 Å². The molecule has 0 unspecified atom stereocenters. The minimum atomic E-state index is -3.67. The summed E-state index contributed by atoms with van der Waals surface area (Å²) in [5.41, 5.74) is 1.68. The van der Waals surface area contributed by atoms with Crippen molar-refractivity contribution in [2.75, 3.05) is 42.5 Å². The van der Waals surface area contributed by atoms with E-state index in [-0.39, 0.29) is 10.8 Å². The highest BCUT2D eigenvalue weighted by Crippen LogP contribution is 2.36. The van der Waals surface area contributed by atoms with Gasteiger partial charge in [-0.2, -0.15) is 4.31 Å². The Bertz CT molecular complexity index is 1010. The van der Waals surface area contributed by atoms with Gasteiger partial charge in [-0.25, -0.2) is 13.4 Å². The van der Waals surface area contributed by atoms with Gasteiger partial charge >= 0.3 is 0 Å².